The average Bonchev–Trinajstić information content (AvgIpc) is 3.34. The lowest BCUT2D eigenvalue weighted by Gasteiger charge is -2.39. The van der Waals surface area contributed by atoms with Crippen molar-refractivity contribution >= 4 is 40.1 Å². The standard InChI is InChI=1S/C35H33ClFN3O5/c1-35(28-7-6-24(36)16-29(28)37)17-23(20-41)27-4-2-3-26(33(27)45-35)21-9-12-39(13-10-21)19-32-38-30-8-5-22(34(42)43)15-31(30)40(32)18-25-11-14-44-25/h2-8,15-16,21,25H,9-14,17-19H2,1H3,(H,42,43)/t25-,35?/m0/s1. The van der Waals surface area contributed by atoms with Crippen LogP contribution in [-0.4, -0.2) is 57.3 Å². The molecular weight excluding hydrogens is 597 g/mol. The molecule has 1 unspecified atom stereocenters. The van der Waals surface area contributed by atoms with Crippen molar-refractivity contribution in [1.82, 2.24) is 14.5 Å². The van der Waals surface area contributed by atoms with Gasteiger partial charge in [0.2, 0.25) is 0 Å². The third kappa shape index (κ3) is 5.55. The van der Waals surface area contributed by atoms with Crippen LogP contribution < -0.4 is 4.74 Å². The highest BCUT2D eigenvalue weighted by Crippen LogP contribution is 2.49. The third-order valence-electron chi connectivity index (χ3n) is 9.48. The molecule has 0 saturated carbocycles. The van der Waals surface area contributed by atoms with E-state index in [1.54, 1.807) is 37.3 Å². The first kappa shape index (κ1) is 29.7. The van der Waals surface area contributed by atoms with Crippen LogP contribution in [-0.2, 0) is 28.2 Å². The topological polar surface area (TPSA) is 93.9 Å². The smallest absolute Gasteiger partial charge is 0.335 e. The van der Waals surface area contributed by atoms with E-state index in [1.807, 2.05) is 18.2 Å². The first-order valence-electron chi connectivity index (χ1n) is 15.3. The van der Waals surface area contributed by atoms with Crippen molar-refractivity contribution in [1.29, 1.82) is 0 Å². The van der Waals surface area contributed by atoms with E-state index in [1.165, 1.54) is 6.07 Å². The van der Waals surface area contributed by atoms with Crippen molar-refractivity contribution in [3.8, 4) is 5.75 Å². The summed E-state index contributed by atoms with van der Waals surface area (Å²) in [4.78, 5) is 31.1. The lowest BCUT2D eigenvalue weighted by molar-refractivity contribution is -0.0592. The summed E-state index contributed by atoms with van der Waals surface area (Å²) in [6.45, 7) is 5.45. The fraction of sp³-hybridized carbons (Fsp3) is 0.371. The SMILES string of the molecule is CC1(c2ccc(Cl)cc2F)CC(=C=O)c2cccc(C3CCN(Cc4nc5ccc(C(=O)O)cc5n4C[C@@H]4CCO4)CC3)c2O1. The van der Waals surface area contributed by atoms with Gasteiger partial charge in [-0.15, -0.1) is 0 Å². The van der Waals surface area contributed by atoms with Gasteiger partial charge in [0.15, 0.2) is 0 Å². The van der Waals surface area contributed by atoms with Gasteiger partial charge in [0.05, 0.1) is 41.4 Å². The summed E-state index contributed by atoms with van der Waals surface area (Å²) in [6.07, 6.45) is 2.99. The van der Waals surface area contributed by atoms with E-state index < -0.39 is 17.4 Å². The molecule has 45 heavy (non-hydrogen) atoms. The molecule has 0 aliphatic carbocycles. The molecule has 0 radical (unpaired) electrons. The molecule has 0 amide bonds. The van der Waals surface area contributed by atoms with Crippen LogP contribution >= 0.6 is 11.6 Å². The second-order valence-corrected chi connectivity index (χ2v) is 12.9. The summed E-state index contributed by atoms with van der Waals surface area (Å²) < 4.78 is 29.5. The van der Waals surface area contributed by atoms with Crippen molar-refractivity contribution < 1.29 is 28.6 Å². The van der Waals surface area contributed by atoms with E-state index in [-0.39, 0.29) is 24.0 Å². The molecule has 3 aliphatic rings. The van der Waals surface area contributed by atoms with E-state index in [4.69, 9.17) is 26.1 Å². The maximum atomic E-state index is 15.1. The van der Waals surface area contributed by atoms with Crippen molar-refractivity contribution in [3.05, 3.63) is 93.5 Å². The van der Waals surface area contributed by atoms with Gasteiger partial charge in [-0.1, -0.05) is 35.9 Å². The van der Waals surface area contributed by atoms with Gasteiger partial charge in [0.1, 0.15) is 28.9 Å². The number of rotatable bonds is 7. The highest BCUT2D eigenvalue weighted by atomic mass is 35.5. The molecule has 0 bridgehead atoms. The molecule has 232 valence electrons. The molecule has 3 aromatic carbocycles. The minimum atomic E-state index is -1.09. The summed E-state index contributed by atoms with van der Waals surface area (Å²) in [5.41, 5.74) is 3.27. The number of carboxylic acid groups (broad SMARTS) is 1. The highest BCUT2D eigenvalue weighted by Gasteiger charge is 2.40. The van der Waals surface area contributed by atoms with Gasteiger partial charge in [-0.25, -0.2) is 19.0 Å². The summed E-state index contributed by atoms with van der Waals surface area (Å²) in [7, 11) is 0. The molecule has 7 rings (SSSR count). The Morgan fingerprint density at radius 2 is 1.96 bits per heavy atom. The first-order chi connectivity index (χ1) is 21.7. The van der Waals surface area contributed by atoms with E-state index >= 15 is 4.39 Å². The number of hydrogen-bond donors (Lipinski definition) is 1. The van der Waals surface area contributed by atoms with Crippen LogP contribution in [0.2, 0.25) is 5.02 Å². The van der Waals surface area contributed by atoms with Crippen LogP contribution in [0.4, 0.5) is 4.39 Å². The number of carbonyl (C=O) groups excluding carboxylic acids is 1. The molecule has 3 aliphatic heterocycles. The molecule has 1 aromatic heterocycles. The number of aromatic carboxylic acids is 1. The Morgan fingerprint density at radius 3 is 2.64 bits per heavy atom. The van der Waals surface area contributed by atoms with Gasteiger partial charge in [0.25, 0.3) is 0 Å². The molecular formula is C35H33ClFN3O5. The van der Waals surface area contributed by atoms with Gasteiger partial charge < -0.3 is 19.1 Å². The lowest BCUT2D eigenvalue weighted by Crippen LogP contribution is -2.37. The zero-order valence-corrected chi connectivity index (χ0v) is 25.6. The quantitative estimate of drug-likeness (QED) is 0.230. The van der Waals surface area contributed by atoms with Crippen LogP contribution in [0.15, 0.2) is 54.6 Å². The number of aromatic nitrogens is 2. The zero-order valence-electron chi connectivity index (χ0n) is 24.9. The number of halogens is 2. The Kier molecular flexibility index (Phi) is 7.74. The number of para-hydroxylation sites is 1. The minimum Gasteiger partial charge on any atom is -0.481 e. The van der Waals surface area contributed by atoms with E-state index in [9.17, 15) is 14.7 Å². The lowest BCUT2D eigenvalue weighted by atomic mass is 9.80. The van der Waals surface area contributed by atoms with Gasteiger partial charge in [-0.3, -0.25) is 4.90 Å². The van der Waals surface area contributed by atoms with Gasteiger partial charge >= 0.3 is 5.97 Å². The summed E-state index contributed by atoms with van der Waals surface area (Å²) in [5.74, 6) is 2.36. The summed E-state index contributed by atoms with van der Waals surface area (Å²) in [6, 6.07) is 15.5. The number of imidazole rings is 1. The van der Waals surface area contributed by atoms with Gasteiger partial charge in [-0.2, -0.15) is 0 Å². The van der Waals surface area contributed by atoms with Crippen molar-refractivity contribution in [2.24, 2.45) is 0 Å². The Hall–Kier alpha value is -4.01. The normalized spacial score (nSPS) is 22.0. The van der Waals surface area contributed by atoms with Crippen LogP contribution in [0.3, 0.4) is 0 Å². The number of fused-ring (bicyclic) bond motifs is 2. The van der Waals surface area contributed by atoms with Crippen molar-refractivity contribution in [2.45, 2.75) is 63.3 Å². The van der Waals surface area contributed by atoms with Crippen LogP contribution in [0.5, 0.6) is 5.75 Å². The van der Waals surface area contributed by atoms with E-state index in [0.29, 0.717) is 40.6 Å². The van der Waals surface area contributed by atoms with Crippen LogP contribution in [0.25, 0.3) is 16.6 Å². The highest BCUT2D eigenvalue weighted by molar-refractivity contribution is 6.30. The van der Waals surface area contributed by atoms with Crippen LogP contribution in [0.1, 0.15) is 71.4 Å². The molecule has 2 atom stereocenters. The van der Waals surface area contributed by atoms with E-state index in [0.717, 1.165) is 61.4 Å². The third-order valence-corrected chi connectivity index (χ3v) is 9.72. The van der Waals surface area contributed by atoms with Gasteiger partial charge in [-0.05, 0) is 81.1 Å². The maximum absolute atomic E-state index is 15.1. The predicted octanol–water partition coefficient (Wildman–Crippen LogP) is 6.61. The Labute approximate surface area is 265 Å². The first-order valence-corrected chi connectivity index (χ1v) is 15.7. The maximum Gasteiger partial charge on any atom is 0.335 e. The Morgan fingerprint density at radius 1 is 1.16 bits per heavy atom. The Balaban J connectivity index is 1.13. The molecule has 2 fully saturated rings. The van der Waals surface area contributed by atoms with E-state index in [2.05, 4.69) is 15.4 Å². The number of piperidine rings is 1. The summed E-state index contributed by atoms with van der Waals surface area (Å²) >= 11 is 6.02. The number of carboxylic acids is 1. The number of benzene rings is 3. The molecule has 0 spiro atoms. The predicted molar refractivity (Wildman–Crippen MR) is 168 cm³/mol. The molecule has 8 nitrogen and oxygen atoms in total. The Bertz CT molecular complexity index is 1860. The number of nitrogens with zero attached hydrogens (tertiary/aromatic N) is 3. The number of ether oxygens (including phenoxy) is 2. The number of likely N-dealkylation sites (tertiary alicyclic amines) is 1. The number of carbonyl (C=O) groups is 1. The summed E-state index contributed by atoms with van der Waals surface area (Å²) in [5, 5.41) is 9.86. The minimum absolute atomic E-state index is 0.0990. The molecule has 10 heteroatoms. The van der Waals surface area contributed by atoms with Gasteiger partial charge in [0, 0.05) is 29.2 Å². The molecule has 4 heterocycles. The van der Waals surface area contributed by atoms with Crippen LogP contribution in [0, 0.1) is 5.82 Å². The van der Waals surface area contributed by atoms with Crippen molar-refractivity contribution in [2.75, 3.05) is 19.7 Å². The number of hydrogen-bond acceptors (Lipinski definition) is 6. The zero-order chi connectivity index (χ0) is 31.3. The molecule has 2 saturated heterocycles. The monoisotopic (exact) mass is 629 g/mol. The second kappa shape index (κ2) is 11.7. The fourth-order valence-electron chi connectivity index (χ4n) is 6.95. The van der Waals surface area contributed by atoms with Crippen molar-refractivity contribution in [3.63, 3.8) is 0 Å². The average molecular weight is 630 g/mol. The second-order valence-electron chi connectivity index (χ2n) is 12.4. The molecule has 1 N–H and O–H groups in total. The fourth-order valence-corrected chi connectivity index (χ4v) is 7.10. The molecule has 4 aromatic rings. The largest absolute Gasteiger partial charge is 0.481 e.